The van der Waals surface area contributed by atoms with Crippen LogP contribution in [0, 0.1) is 0 Å². The summed E-state index contributed by atoms with van der Waals surface area (Å²) in [4.78, 5) is 11.3. The minimum atomic E-state index is -0.153. The second kappa shape index (κ2) is 9.20. The van der Waals surface area contributed by atoms with Crippen molar-refractivity contribution in [2.45, 2.75) is 26.8 Å². The highest BCUT2D eigenvalue weighted by Crippen LogP contribution is 2.25. The van der Waals surface area contributed by atoms with Gasteiger partial charge in [0.2, 0.25) is 0 Å². The van der Waals surface area contributed by atoms with Crippen molar-refractivity contribution in [3.8, 4) is 11.5 Å². The van der Waals surface area contributed by atoms with Crippen molar-refractivity contribution < 1.29 is 14.3 Å². The van der Waals surface area contributed by atoms with Crippen LogP contribution in [0.5, 0.6) is 11.5 Å². The molecule has 0 aliphatic rings. The van der Waals surface area contributed by atoms with Gasteiger partial charge in [-0.3, -0.25) is 4.79 Å². The van der Waals surface area contributed by atoms with Crippen LogP contribution in [0.15, 0.2) is 18.2 Å². The summed E-state index contributed by atoms with van der Waals surface area (Å²) >= 11 is 0. The fourth-order valence-corrected chi connectivity index (χ4v) is 1.60. The second-order valence-corrected chi connectivity index (χ2v) is 4.36. The molecule has 0 spiro atoms. The van der Waals surface area contributed by atoms with E-state index in [1.807, 2.05) is 25.1 Å². The van der Waals surface area contributed by atoms with Gasteiger partial charge in [0.15, 0.2) is 6.61 Å². The zero-order valence-electron chi connectivity index (χ0n) is 12.5. The Labute approximate surface area is 120 Å². The lowest BCUT2D eigenvalue weighted by Gasteiger charge is -2.13. The molecule has 112 valence electrons. The van der Waals surface area contributed by atoms with Gasteiger partial charge in [0.1, 0.15) is 11.5 Å². The fraction of sp³-hybridized carbons (Fsp3) is 0.533. The number of hydrogen-bond donors (Lipinski definition) is 2. The van der Waals surface area contributed by atoms with Gasteiger partial charge in [0.25, 0.3) is 5.91 Å². The van der Waals surface area contributed by atoms with Crippen LogP contribution in [-0.2, 0) is 11.3 Å². The Kier molecular flexibility index (Phi) is 7.50. The van der Waals surface area contributed by atoms with E-state index in [0.717, 1.165) is 24.3 Å². The van der Waals surface area contributed by atoms with E-state index in [1.165, 1.54) is 0 Å². The molecule has 0 aliphatic carbocycles. The topological polar surface area (TPSA) is 59.6 Å². The Hall–Kier alpha value is -1.75. The molecule has 1 rings (SSSR count). The molecular formula is C15H24N2O3. The van der Waals surface area contributed by atoms with Crippen molar-refractivity contribution in [1.82, 2.24) is 10.6 Å². The summed E-state index contributed by atoms with van der Waals surface area (Å²) in [6.07, 6.45) is 0.952. The lowest BCUT2D eigenvalue weighted by atomic mass is 10.2. The van der Waals surface area contributed by atoms with E-state index in [1.54, 1.807) is 7.05 Å². The summed E-state index contributed by atoms with van der Waals surface area (Å²) in [6, 6.07) is 5.73. The highest BCUT2D eigenvalue weighted by Gasteiger charge is 2.08. The minimum Gasteiger partial charge on any atom is -0.493 e. The molecule has 0 atom stereocenters. The quantitative estimate of drug-likeness (QED) is 0.723. The molecule has 0 bridgehead atoms. The van der Waals surface area contributed by atoms with Gasteiger partial charge < -0.3 is 20.1 Å². The van der Waals surface area contributed by atoms with E-state index >= 15 is 0 Å². The number of hydrogen-bond acceptors (Lipinski definition) is 4. The lowest BCUT2D eigenvalue weighted by Crippen LogP contribution is -2.25. The molecule has 5 heteroatoms. The van der Waals surface area contributed by atoms with Crippen LogP contribution >= 0.6 is 0 Å². The number of amides is 1. The van der Waals surface area contributed by atoms with Crippen molar-refractivity contribution in [1.29, 1.82) is 0 Å². The van der Waals surface area contributed by atoms with Crippen LogP contribution in [-0.4, -0.2) is 32.7 Å². The zero-order valence-corrected chi connectivity index (χ0v) is 12.5. The third-order valence-corrected chi connectivity index (χ3v) is 2.71. The van der Waals surface area contributed by atoms with Gasteiger partial charge in [-0.05, 0) is 19.0 Å². The average molecular weight is 280 g/mol. The summed E-state index contributed by atoms with van der Waals surface area (Å²) < 4.78 is 11.2. The maximum absolute atomic E-state index is 11.3. The van der Waals surface area contributed by atoms with E-state index in [2.05, 4.69) is 17.6 Å². The lowest BCUT2D eigenvalue weighted by molar-refractivity contribution is -0.122. The van der Waals surface area contributed by atoms with Gasteiger partial charge in [0, 0.05) is 25.2 Å². The molecule has 0 saturated carbocycles. The monoisotopic (exact) mass is 280 g/mol. The molecular weight excluding hydrogens is 256 g/mol. The Bertz CT molecular complexity index is 422. The van der Waals surface area contributed by atoms with Gasteiger partial charge in [-0.25, -0.2) is 0 Å². The number of carbonyl (C=O) groups is 1. The summed E-state index contributed by atoms with van der Waals surface area (Å²) in [5.41, 5.74) is 1.01. The summed E-state index contributed by atoms with van der Waals surface area (Å²) in [5.74, 6) is 1.29. The van der Waals surface area contributed by atoms with Crippen molar-refractivity contribution in [3.05, 3.63) is 23.8 Å². The van der Waals surface area contributed by atoms with Crippen LogP contribution in [0.3, 0.4) is 0 Å². The van der Waals surface area contributed by atoms with Crippen molar-refractivity contribution in [2.75, 3.05) is 26.8 Å². The van der Waals surface area contributed by atoms with E-state index in [-0.39, 0.29) is 12.5 Å². The molecule has 2 N–H and O–H groups in total. The van der Waals surface area contributed by atoms with Crippen molar-refractivity contribution in [3.63, 3.8) is 0 Å². The van der Waals surface area contributed by atoms with Crippen LogP contribution in [0.4, 0.5) is 0 Å². The second-order valence-electron chi connectivity index (χ2n) is 4.36. The number of ether oxygens (including phenoxy) is 2. The molecule has 0 heterocycles. The molecule has 1 amide bonds. The largest absolute Gasteiger partial charge is 0.493 e. The molecule has 0 unspecified atom stereocenters. The molecule has 0 aliphatic heterocycles. The van der Waals surface area contributed by atoms with Crippen LogP contribution in [0.25, 0.3) is 0 Å². The molecule has 5 nitrogen and oxygen atoms in total. The molecule has 1 aromatic rings. The summed E-state index contributed by atoms with van der Waals surface area (Å²) in [6.45, 7) is 6.36. The Balaban J connectivity index is 2.78. The van der Waals surface area contributed by atoms with Gasteiger partial charge in [-0.15, -0.1) is 0 Å². The smallest absolute Gasteiger partial charge is 0.257 e. The van der Waals surface area contributed by atoms with E-state index in [4.69, 9.17) is 9.47 Å². The number of nitrogens with one attached hydrogen (secondary N) is 2. The van der Waals surface area contributed by atoms with E-state index in [9.17, 15) is 4.79 Å². The molecule has 0 aromatic heterocycles. The maximum atomic E-state index is 11.3. The average Bonchev–Trinajstić information content (AvgIpc) is 2.49. The molecule has 0 saturated heterocycles. The Morgan fingerprint density at radius 2 is 2.05 bits per heavy atom. The van der Waals surface area contributed by atoms with E-state index < -0.39 is 0 Å². The van der Waals surface area contributed by atoms with Gasteiger partial charge in [-0.1, -0.05) is 19.9 Å². The Morgan fingerprint density at radius 3 is 2.70 bits per heavy atom. The van der Waals surface area contributed by atoms with Crippen LogP contribution < -0.4 is 20.1 Å². The zero-order chi connectivity index (χ0) is 14.8. The first kappa shape index (κ1) is 16.3. The summed E-state index contributed by atoms with van der Waals surface area (Å²) in [5, 5.41) is 5.78. The number of carbonyl (C=O) groups excluding carboxylic acids is 1. The SMILES string of the molecule is CCCOc1ccc(CNCC)c(OCC(=O)NC)c1. The third kappa shape index (κ3) is 5.48. The number of benzene rings is 1. The highest BCUT2D eigenvalue weighted by atomic mass is 16.5. The molecule has 1 aromatic carbocycles. The van der Waals surface area contributed by atoms with Crippen molar-refractivity contribution >= 4 is 5.91 Å². The normalized spacial score (nSPS) is 10.2. The third-order valence-electron chi connectivity index (χ3n) is 2.71. The standard InChI is InChI=1S/C15H24N2O3/c1-4-8-19-13-7-6-12(10-17-5-2)14(9-13)20-11-15(18)16-3/h6-7,9,17H,4-5,8,10-11H2,1-3H3,(H,16,18). The highest BCUT2D eigenvalue weighted by molar-refractivity contribution is 5.77. The van der Waals surface area contributed by atoms with Gasteiger partial charge in [-0.2, -0.15) is 0 Å². The first-order valence-electron chi connectivity index (χ1n) is 7.01. The van der Waals surface area contributed by atoms with Crippen LogP contribution in [0.1, 0.15) is 25.8 Å². The molecule has 0 fully saturated rings. The summed E-state index contributed by atoms with van der Waals surface area (Å²) in [7, 11) is 1.59. The first-order chi connectivity index (χ1) is 9.71. The van der Waals surface area contributed by atoms with Crippen LogP contribution in [0.2, 0.25) is 0 Å². The predicted molar refractivity (Wildman–Crippen MR) is 79.2 cm³/mol. The van der Waals surface area contributed by atoms with Gasteiger partial charge in [0.05, 0.1) is 6.61 Å². The van der Waals surface area contributed by atoms with Gasteiger partial charge >= 0.3 is 0 Å². The number of likely N-dealkylation sites (N-methyl/N-ethyl adjacent to an activating group) is 1. The molecule has 0 radical (unpaired) electrons. The Morgan fingerprint density at radius 1 is 1.25 bits per heavy atom. The number of rotatable bonds is 9. The fourth-order valence-electron chi connectivity index (χ4n) is 1.60. The van der Waals surface area contributed by atoms with E-state index in [0.29, 0.717) is 18.9 Å². The minimum absolute atomic E-state index is 0.00680. The van der Waals surface area contributed by atoms with Crippen molar-refractivity contribution in [2.24, 2.45) is 0 Å². The first-order valence-corrected chi connectivity index (χ1v) is 7.01. The molecule has 20 heavy (non-hydrogen) atoms. The predicted octanol–water partition coefficient (Wildman–Crippen LogP) is 1.71. The maximum Gasteiger partial charge on any atom is 0.257 e.